The highest BCUT2D eigenvalue weighted by Gasteiger charge is 2.34. The molecule has 0 aromatic heterocycles. The molecule has 104 valence electrons. The molecule has 1 unspecified atom stereocenters. The highest BCUT2D eigenvalue weighted by atomic mass is 32.1. The molecule has 0 saturated heterocycles. The van der Waals surface area contributed by atoms with Crippen molar-refractivity contribution in [1.29, 1.82) is 0 Å². The van der Waals surface area contributed by atoms with Crippen LogP contribution in [-0.4, -0.2) is 11.0 Å². The number of unbranched alkanes of at least 4 members (excludes halogenated alkanes) is 3. The molecule has 0 bridgehead atoms. The molecule has 0 rings (SSSR count). The van der Waals surface area contributed by atoms with Gasteiger partial charge in [-0.2, -0.15) is 25.3 Å². The summed E-state index contributed by atoms with van der Waals surface area (Å²) >= 11 is 9.35. The van der Waals surface area contributed by atoms with E-state index in [1.807, 2.05) is 0 Å². The van der Waals surface area contributed by atoms with Gasteiger partial charge in [0.1, 0.15) is 0 Å². The van der Waals surface area contributed by atoms with Crippen molar-refractivity contribution in [3.8, 4) is 0 Å². The van der Waals surface area contributed by atoms with Gasteiger partial charge in [-0.05, 0) is 24.7 Å². The lowest BCUT2D eigenvalue weighted by Gasteiger charge is -2.39. The molecule has 0 aliphatic carbocycles. The highest BCUT2D eigenvalue weighted by Crippen LogP contribution is 2.42. The van der Waals surface area contributed by atoms with E-state index in [9.17, 15) is 0 Å². The topological polar surface area (TPSA) is 0 Å². The summed E-state index contributed by atoms with van der Waals surface area (Å²) in [5.41, 5.74) is 0.451. The lowest BCUT2D eigenvalue weighted by molar-refractivity contribution is 0.202. The third-order valence-electron chi connectivity index (χ3n) is 3.96. The van der Waals surface area contributed by atoms with Gasteiger partial charge in [-0.1, -0.05) is 59.3 Å². The van der Waals surface area contributed by atoms with Gasteiger partial charge in [-0.25, -0.2) is 0 Å². The second kappa shape index (κ2) is 10.6. The zero-order valence-corrected chi connectivity index (χ0v) is 13.8. The molecule has 1 atom stereocenters. The van der Waals surface area contributed by atoms with Gasteiger partial charge in [0, 0.05) is 11.0 Å². The molecule has 0 aromatic rings. The Morgan fingerprint density at radius 1 is 0.824 bits per heavy atom. The molecule has 0 aromatic carbocycles. The van der Waals surface area contributed by atoms with Crippen LogP contribution in [-0.2, 0) is 0 Å². The maximum Gasteiger partial charge on any atom is 0.0161 e. The van der Waals surface area contributed by atoms with Gasteiger partial charge in [0.2, 0.25) is 0 Å². The first kappa shape index (κ1) is 17.7. The Kier molecular flexibility index (Phi) is 11.0. The molecule has 2 heteroatoms. The van der Waals surface area contributed by atoms with Crippen molar-refractivity contribution in [2.75, 3.05) is 5.75 Å². The van der Waals surface area contributed by atoms with Crippen LogP contribution >= 0.6 is 25.3 Å². The second-order valence-electron chi connectivity index (χ2n) is 5.37. The van der Waals surface area contributed by atoms with Crippen molar-refractivity contribution in [3.63, 3.8) is 0 Å². The van der Waals surface area contributed by atoms with Crippen molar-refractivity contribution < 1.29 is 0 Å². The van der Waals surface area contributed by atoms with Crippen LogP contribution in [0.25, 0.3) is 0 Å². The summed E-state index contributed by atoms with van der Waals surface area (Å²) in [6.45, 7) is 6.87. The first-order valence-corrected chi connectivity index (χ1v) is 8.60. The third kappa shape index (κ3) is 6.42. The zero-order valence-electron chi connectivity index (χ0n) is 12.0. The Balaban J connectivity index is 4.63. The molecule has 0 fully saturated rings. The molecule has 0 aliphatic rings. The normalized spacial score (nSPS) is 13.9. The highest BCUT2D eigenvalue weighted by molar-refractivity contribution is 7.84. The molecule has 0 heterocycles. The van der Waals surface area contributed by atoms with Crippen molar-refractivity contribution in [2.45, 2.75) is 83.8 Å². The first-order valence-electron chi connectivity index (χ1n) is 7.45. The van der Waals surface area contributed by atoms with E-state index in [-0.39, 0.29) is 0 Å². The third-order valence-corrected chi connectivity index (χ3v) is 5.35. The van der Waals surface area contributed by atoms with Gasteiger partial charge >= 0.3 is 0 Å². The largest absolute Gasteiger partial charge is 0.178 e. The minimum Gasteiger partial charge on any atom is -0.178 e. The van der Waals surface area contributed by atoms with Crippen molar-refractivity contribution in [2.24, 2.45) is 5.41 Å². The molecule has 0 N–H and O–H groups in total. The predicted molar refractivity (Wildman–Crippen MR) is 87.6 cm³/mol. The monoisotopic (exact) mass is 276 g/mol. The number of rotatable bonds is 11. The summed E-state index contributed by atoms with van der Waals surface area (Å²) in [6.07, 6.45) is 12.0. The predicted octanol–water partition coefficient (Wildman–Crippen LogP) is 5.77. The Hall–Kier alpha value is 0.700. The minimum atomic E-state index is 0.451. The van der Waals surface area contributed by atoms with Crippen LogP contribution in [0.3, 0.4) is 0 Å². The fourth-order valence-electron chi connectivity index (χ4n) is 2.66. The average Bonchev–Trinajstić information content (AvgIpc) is 2.37. The second-order valence-corrected chi connectivity index (χ2v) is 6.36. The van der Waals surface area contributed by atoms with Crippen LogP contribution in [0.1, 0.15) is 78.6 Å². The Morgan fingerprint density at radius 2 is 1.18 bits per heavy atom. The molecule has 17 heavy (non-hydrogen) atoms. The van der Waals surface area contributed by atoms with Gasteiger partial charge in [0.05, 0.1) is 0 Å². The molecule has 0 saturated carbocycles. The maximum atomic E-state index is 4.85. The first-order chi connectivity index (χ1) is 8.16. The van der Waals surface area contributed by atoms with E-state index >= 15 is 0 Å². The molecule has 0 radical (unpaired) electrons. The summed E-state index contributed by atoms with van der Waals surface area (Å²) in [5.74, 6) is 0.917. The summed E-state index contributed by atoms with van der Waals surface area (Å²) < 4.78 is 0. The molecule has 0 amide bonds. The summed E-state index contributed by atoms with van der Waals surface area (Å²) in [7, 11) is 0. The lowest BCUT2D eigenvalue weighted by atomic mass is 9.72. The van der Waals surface area contributed by atoms with E-state index in [0.29, 0.717) is 10.7 Å². The number of hydrogen-bond acceptors (Lipinski definition) is 2. The fourth-order valence-corrected chi connectivity index (χ4v) is 3.43. The van der Waals surface area contributed by atoms with Gasteiger partial charge in [-0.15, -0.1) is 0 Å². The van der Waals surface area contributed by atoms with Crippen LogP contribution < -0.4 is 0 Å². The molecule has 0 spiro atoms. The number of thiol groups is 2. The Morgan fingerprint density at radius 3 is 1.41 bits per heavy atom. The summed E-state index contributed by atoms with van der Waals surface area (Å²) in [5, 5.41) is 0.468. The van der Waals surface area contributed by atoms with Gasteiger partial charge in [-0.3, -0.25) is 0 Å². The number of hydrogen-bond donors (Lipinski definition) is 2. The summed E-state index contributed by atoms with van der Waals surface area (Å²) in [4.78, 5) is 0. The van der Waals surface area contributed by atoms with Gasteiger partial charge in [0.15, 0.2) is 0 Å². The van der Waals surface area contributed by atoms with Crippen molar-refractivity contribution >= 4 is 25.3 Å². The quantitative estimate of drug-likeness (QED) is 0.440. The van der Waals surface area contributed by atoms with Crippen LogP contribution in [0.2, 0.25) is 0 Å². The van der Waals surface area contributed by atoms with E-state index in [2.05, 4.69) is 33.4 Å². The molecule has 0 nitrogen and oxygen atoms in total. The maximum absolute atomic E-state index is 4.85. The Labute approximate surface area is 120 Å². The Bertz CT molecular complexity index is 147. The van der Waals surface area contributed by atoms with Gasteiger partial charge in [0.25, 0.3) is 0 Å². The van der Waals surface area contributed by atoms with Gasteiger partial charge < -0.3 is 0 Å². The average molecular weight is 277 g/mol. The standard InChI is InChI=1S/C15H32S2/c1-4-7-10-15(11-8-5-2,12-9-6-3)14(17)13-16/h14,16-17H,4-13H2,1-3H3. The van der Waals surface area contributed by atoms with Crippen LogP contribution in [0.4, 0.5) is 0 Å². The van der Waals surface area contributed by atoms with E-state index in [0.717, 1.165) is 5.75 Å². The van der Waals surface area contributed by atoms with E-state index in [1.54, 1.807) is 0 Å². The lowest BCUT2D eigenvalue weighted by Crippen LogP contribution is -2.33. The molecular formula is C15H32S2. The molecular weight excluding hydrogens is 244 g/mol. The molecule has 0 aliphatic heterocycles. The van der Waals surface area contributed by atoms with E-state index < -0.39 is 0 Å². The smallest absolute Gasteiger partial charge is 0.0161 e. The van der Waals surface area contributed by atoms with E-state index in [1.165, 1.54) is 57.8 Å². The van der Waals surface area contributed by atoms with Crippen molar-refractivity contribution in [3.05, 3.63) is 0 Å². The summed E-state index contributed by atoms with van der Waals surface area (Å²) in [6, 6.07) is 0. The minimum absolute atomic E-state index is 0.451. The fraction of sp³-hybridized carbons (Fsp3) is 1.00. The van der Waals surface area contributed by atoms with Crippen LogP contribution in [0.5, 0.6) is 0 Å². The van der Waals surface area contributed by atoms with Crippen LogP contribution in [0.15, 0.2) is 0 Å². The SMILES string of the molecule is CCCCC(CCCC)(CCCC)C(S)CS. The van der Waals surface area contributed by atoms with Crippen LogP contribution in [0, 0.1) is 5.41 Å². The van der Waals surface area contributed by atoms with E-state index in [4.69, 9.17) is 12.6 Å². The zero-order chi connectivity index (χ0) is 13.1. The van der Waals surface area contributed by atoms with Crippen molar-refractivity contribution in [1.82, 2.24) is 0 Å².